The fraction of sp³-hybridized carbons (Fsp3) is 0.524. The Morgan fingerprint density at radius 2 is 2.00 bits per heavy atom. The molecule has 0 radical (unpaired) electrons. The van der Waals surface area contributed by atoms with Gasteiger partial charge in [0.05, 0.1) is 5.56 Å². The van der Waals surface area contributed by atoms with Gasteiger partial charge in [0, 0.05) is 36.1 Å². The molecule has 1 fully saturated rings. The summed E-state index contributed by atoms with van der Waals surface area (Å²) in [7, 11) is 0. The predicted octanol–water partition coefficient (Wildman–Crippen LogP) is 2.87. The van der Waals surface area contributed by atoms with Crippen molar-refractivity contribution in [3.05, 3.63) is 46.4 Å². The van der Waals surface area contributed by atoms with Gasteiger partial charge in [-0.05, 0) is 37.9 Å². The minimum atomic E-state index is -0.0957. The summed E-state index contributed by atoms with van der Waals surface area (Å²) in [4.78, 5) is 28.0. The van der Waals surface area contributed by atoms with E-state index in [4.69, 9.17) is 0 Å². The lowest BCUT2D eigenvalue weighted by molar-refractivity contribution is 0.0942. The second-order valence-electron chi connectivity index (χ2n) is 7.57. The van der Waals surface area contributed by atoms with Crippen LogP contribution in [0.15, 0.2) is 35.3 Å². The number of aromatic nitrogens is 1. The molecule has 1 aliphatic heterocycles. The van der Waals surface area contributed by atoms with Crippen LogP contribution in [0.5, 0.6) is 0 Å². The van der Waals surface area contributed by atoms with Gasteiger partial charge in [0.2, 0.25) is 0 Å². The Hall–Kier alpha value is -2.14. The number of fused-ring (bicyclic) bond motifs is 1. The third-order valence-corrected chi connectivity index (χ3v) is 5.20. The number of carbonyl (C=O) groups is 1. The molecule has 5 heteroatoms. The van der Waals surface area contributed by atoms with Gasteiger partial charge in [0.15, 0.2) is 0 Å². The van der Waals surface area contributed by atoms with Crippen molar-refractivity contribution < 1.29 is 4.79 Å². The molecule has 2 heterocycles. The van der Waals surface area contributed by atoms with Crippen LogP contribution in [0, 0.1) is 5.92 Å². The number of amides is 1. The molecule has 2 aromatic rings. The van der Waals surface area contributed by atoms with Crippen molar-refractivity contribution in [2.75, 3.05) is 19.6 Å². The molecule has 140 valence electrons. The predicted molar refractivity (Wildman–Crippen MR) is 106 cm³/mol. The second-order valence-corrected chi connectivity index (χ2v) is 7.57. The SMILES string of the molecule is CCN1CCC[C@@H]1CNC(=O)c1cn(CC(C)C)c(=O)c2ccccc12. The number of rotatable bonds is 6. The average Bonchev–Trinajstić information content (AvgIpc) is 3.09. The first-order chi connectivity index (χ1) is 12.5. The number of hydrogen-bond donors (Lipinski definition) is 1. The molecule has 1 aromatic carbocycles. The third kappa shape index (κ3) is 3.83. The molecule has 1 atom stereocenters. The van der Waals surface area contributed by atoms with Crippen LogP contribution in [-0.2, 0) is 6.54 Å². The largest absolute Gasteiger partial charge is 0.350 e. The Morgan fingerprint density at radius 3 is 2.69 bits per heavy atom. The number of nitrogens with one attached hydrogen (secondary N) is 1. The molecule has 1 amide bonds. The maximum atomic E-state index is 12.9. The van der Waals surface area contributed by atoms with Gasteiger partial charge in [-0.1, -0.05) is 39.0 Å². The van der Waals surface area contributed by atoms with E-state index in [1.54, 1.807) is 16.8 Å². The number of nitrogens with zero attached hydrogens (tertiary/aromatic N) is 2. The Bertz CT molecular complexity index is 841. The highest BCUT2D eigenvalue weighted by Gasteiger charge is 2.24. The topological polar surface area (TPSA) is 54.3 Å². The monoisotopic (exact) mass is 355 g/mol. The van der Waals surface area contributed by atoms with E-state index in [1.807, 2.05) is 18.2 Å². The van der Waals surface area contributed by atoms with Crippen LogP contribution >= 0.6 is 0 Å². The molecule has 0 unspecified atom stereocenters. The maximum Gasteiger partial charge on any atom is 0.258 e. The van der Waals surface area contributed by atoms with Crippen LogP contribution in [0.3, 0.4) is 0 Å². The minimum absolute atomic E-state index is 0.0289. The Labute approximate surface area is 155 Å². The standard InChI is InChI=1S/C21H29N3O2/c1-4-23-11-7-8-16(23)12-22-20(25)19-14-24(13-15(2)3)21(26)18-10-6-5-9-17(18)19/h5-6,9-10,14-16H,4,7-8,11-13H2,1-3H3,(H,22,25)/t16-/m1/s1. The van der Waals surface area contributed by atoms with Crippen LogP contribution < -0.4 is 10.9 Å². The van der Waals surface area contributed by atoms with Crippen LogP contribution in [0.25, 0.3) is 10.8 Å². The quantitative estimate of drug-likeness (QED) is 0.867. The van der Waals surface area contributed by atoms with Crippen molar-refractivity contribution in [2.45, 2.75) is 46.2 Å². The molecule has 0 bridgehead atoms. The van der Waals surface area contributed by atoms with Crippen molar-refractivity contribution in [3.8, 4) is 0 Å². The van der Waals surface area contributed by atoms with Crippen LogP contribution in [0.1, 0.15) is 44.0 Å². The summed E-state index contributed by atoms with van der Waals surface area (Å²) in [6.45, 7) is 9.69. The van der Waals surface area contributed by atoms with Gasteiger partial charge in [0.25, 0.3) is 11.5 Å². The first-order valence-electron chi connectivity index (χ1n) is 9.65. The number of hydrogen-bond acceptors (Lipinski definition) is 3. The second kappa shape index (κ2) is 8.04. The Kier molecular flexibility index (Phi) is 5.77. The first-order valence-corrected chi connectivity index (χ1v) is 9.65. The molecule has 1 aliphatic rings. The van der Waals surface area contributed by atoms with Gasteiger partial charge in [0.1, 0.15) is 0 Å². The summed E-state index contributed by atoms with van der Waals surface area (Å²) >= 11 is 0. The van der Waals surface area contributed by atoms with Crippen LogP contribution in [0.2, 0.25) is 0 Å². The van der Waals surface area contributed by atoms with E-state index in [2.05, 4.69) is 31.0 Å². The zero-order chi connectivity index (χ0) is 18.7. The zero-order valence-corrected chi connectivity index (χ0v) is 16.0. The average molecular weight is 355 g/mol. The summed E-state index contributed by atoms with van der Waals surface area (Å²) in [5.41, 5.74) is 0.556. The van der Waals surface area contributed by atoms with Crippen molar-refractivity contribution >= 4 is 16.7 Å². The van der Waals surface area contributed by atoms with Crippen LogP contribution in [0.4, 0.5) is 0 Å². The molecule has 1 N–H and O–H groups in total. The van der Waals surface area contributed by atoms with E-state index in [-0.39, 0.29) is 11.5 Å². The normalized spacial score (nSPS) is 17.9. The summed E-state index contributed by atoms with van der Waals surface area (Å²) in [6.07, 6.45) is 4.05. The van der Waals surface area contributed by atoms with E-state index in [0.29, 0.717) is 36.0 Å². The smallest absolute Gasteiger partial charge is 0.258 e. The molecule has 0 spiro atoms. The molecule has 5 nitrogen and oxygen atoms in total. The van der Waals surface area contributed by atoms with Gasteiger partial charge < -0.3 is 9.88 Å². The summed E-state index contributed by atoms with van der Waals surface area (Å²) in [6, 6.07) is 7.81. The van der Waals surface area contributed by atoms with Crippen molar-refractivity contribution in [3.63, 3.8) is 0 Å². The fourth-order valence-electron chi connectivity index (χ4n) is 3.90. The van der Waals surface area contributed by atoms with E-state index < -0.39 is 0 Å². The highest BCUT2D eigenvalue weighted by atomic mass is 16.2. The molecule has 1 aromatic heterocycles. The lowest BCUT2D eigenvalue weighted by atomic mass is 10.1. The summed E-state index contributed by atoms with van der Waals surface area (Å²) in [5.74, 6) is 0.239. The number of likely N-dealkylation sites (tertiary alicyclic amines) is 1. The summed E-state index contributed by atoms with van der Waals surface area (Å²) < 4.78 is 1.68. The molecule has 0 saturated carbocycles. The van der Waals surface area contributed by atoms with Gasteiger partial charge in [-0.25, -0.2) is 0 Å². The van der Waals surface area contributed by atoms with Crippen molar-refractivity contribution in [1.29, 1.82) is 0 Å². The minimum Gasteiger partial charge on any atom is -0.350 e. The Balaban J connectivity index is 1.89. The lowest BCUT2D eigenvalue weighted by Gasteiger charge is -2.23. The number of benzene rings is 1. The van der Waals surface area contributed by atoms with Crippen LogP contribution in [-0.4, -0.2) is 41.1 Å². The van der Waals surface area contributed by atoms with Gasteiger partial charge in [-0.2, -0.15) is 0 Å². The molecule has 26 heavy (non-hydrogen) atoms. The first kappa shape index (κ1) is 18.6. The number of likely N-dealkylation sites (N-methyl/N-ethyl adjacent to an activating group) is 1. The molecule has 0 aliphatic carbocycles. The molecule has 3 rings (SSSR count). The van der Waals surface area contributed by atoms with Gasteiger partial charge in [-0.15, -0.1) is 0 Å². The molecular formula is C21H29N3O2. The highest BCUT2D eigenvalue weighted by molar-refractivity contribution is 6.06. The van der Waals surface area contributed by atoms with E-state index in [0.717, 1.165) is 24.9 Å². The van der Waals surface area contributed by atoms with E-state index >= 15 is 0 Å². The van der Waals surface area contributed by atoms with Gasteiger partial charge in [-0.3, -0.25) is 14.5 Å². The fourth-order valence-corrected chi connectivity index (χ4v) is 3.90. The number of carbonyl (C=O) groups excluding carboxylic acids is 1. The summed E-state index contributed by atoms with van der Waals surface area (Å²) in [5, 5.41) is 4.44. The van der Waals surface area contributed by atoms with Gasteiger partial charge >= 0.3 is 0 Å². The van der Waals surface area contributed by atoms with E-state index in [9.17, 15) is 9.59 Å². The third-order valence-electron chi connectivity index (χ3n) is 5.20. The Morgan fingerprint density at radius 1 is 1.27 bits per heavy atom. The van der Waals surface area contributed by atoms with Crippen molar-refractivity contribution in [1.82, 2.24) is 14.8 Å². The molecular weight excluding hydrogens is 326 g/mol. The van der Waals surface area contributed by atoms with E-state index in [1.165, 1.54) is 6.42 Å². The highest BCUT2D eigenvalue weighted by Crippen LogP contribution is 2.18. The lowest BCUT2D eigenvalue weighted by Crippen LogP contribution is -2.40. The maximum absolute atomic E-state index is 12.9. The van der Waals surface area contributed by atoms with Crippen molar-refractivity contribution in [2.24, 2.45) is 5.92 Å². The molecule has 1 saturated heterocycles. The number of pyridine rings is 1. The zero-order valence-electron chi connectivity index (χ0n) is 16.0.